The molecule has 2 amide bonds. The maximum absolute atomic E-state index is 12.8. The van der Waals surface area contributed by atoms with E-state index in [1.54, 1.807) is 12.1 Å². The molecule has 0 aliphatic rings. The first kappa shape index (κ1) is 15.1. The highest BCUT2D eigenvalue weighted by molar-refractivity contribution is 5.83. The van der Waals surface area contributed by atoms with Gasteiger partial charge < -0.3 is 10.2 Å². The van der Waals surface area contributed by atoms with Crippen LogP contribution in [0.25, 0.3) is 0 Å². The summed E-state index contributed by atoms with van der Waals surface area (Å²) in [5.41, 5.74) is 0.786. The van der Waals surface area contributed by atoms with Gasteiger partial charge in [-0.1, -0.05) is 12.1 Å². The Hall–Kier alpha value is -1.91. The quantitative estimate of drug-likeness (QED) is 0.882. The highest BCUT2D eigenvalue weighted by Crippen LogP contribution is 2.07. The molecule has 0 saturated carbocycles. The average molecular weight is 266 g/mol. The molecule has 1 aromatic carbocycles. The zero-order chi connectivity index (χ0) is 14.4. The van der Waals surface area contributed by atoms with Gasteiger partial charge >= 0.3 is 0 Å². The minimum atomic E-state index is -0.323. The molecule has 0 heterocycles. The molecule has 0 saturated heterocycles. The van der Waals surface area contributed by atoms with Gasteiger partial charge in [-0.2, -0.15) is 0 Å². The number of benzene rings is 1. The third-order valence-corrected chi connectivity index (χ3v) is 2.52. The lowest BCUT2D eigenvalue weighted by atomic mass is 10.2. The minimum Gasteiger partial charge on any atom is -0.352 e. The molecular formula is C14H19FN2O2. The molecule has 0 aromatic heterocycles. The molecule has 0 aliphatic heterocycles. The van der Waals surface area contributed by atoms with Crippen molar-refractivity contribution in [3.8, 4) is 0 Å². The number of nitrogens with one attached hydrogen (secondary N) is 1. The van der Waals surface area contributed by atoms with Crippen molar-refractivity contribution < 1.29 is 14.0 Å². The van der Waals surface area contributed by atoms with E-state index in [-0.39, 0.29) is 30.2 Å². The Labute approximate surface area is 112 Å². The van der Waals surface area contributed by atoms with Gasteiger partial charge in [-0.15, -0.1) is 0 Å². The van der Waals surface area contributed by atoms with Gasteiger partial charge in [0.15, 0.2) is 0 Å². The Morgan fingerprint density at radius 1 is 1.26 bits per heavy atom. The van der Waals surface area contributed by atoms with Crippen molar-refractivity contribution in [2.45, 2.75) is 33.4 Å². The Balaban J connectivity index is 2.65. The summed E-state index contributed by atoms with van der Waals surface area (Å²) in [5.74, 6) is -0.716. The second-order valence-electron chi connectivity index (χ2n) is 4.72. The summed E-state index contributed by atoms with van der Waals surface area (Å²) in [6.07, 6.45) is 0. The zero-order valence-corrected chi connectivity index (χ0v) is 11.4. The first-order valence-electron chi connectivity index (χ1n) is 6.18. The van der Waals surface area contributed by atoms with Gasteiger partial charge in [0.25, 0.3) is 0 Å². The van der Waals surface area contributed by atoms with Crippen LogP contribution in [-0.2, 0) is 16.1 Å². The Morgan fingerprint density at radius 2 is 1.84 bits per heavy atom. The van der Waals surface area contributed by atoms with Gasteiger partial charge in [-0.05, 0) is 31.5 Å². The van der Waals surface area contributed by atoms with Crippen molar-refractivity contribution in [2.75, 3.05) is 6.54 Å². The highest BCUT2D eigenvalue weighted by atomic mass is 19.1. The van der Waals surface area contributed by atoms with Crippen LogP contribution in [0.1, 0.15) is 26.3 Å². The van der Waals surface area contributed by atoms with Gasteiger partial charge in [-0.25, -0.2) is 4.39 Å². The number of amides is 2. The number of hydrogen-bond acceptors (Lipinski definition) is 2. The van der Waals surface area contributed by atoms with Crippen LogP contribution in [0, 0.1) is 5.82 Å². The predicted molar refractivity (Wildman–Crippen MR) is 70.8 cm³/mol. The normalized spacial score (nSPS) is 10.4. The van der Waals surface area contributed by atoms with Gasteiger partial charge in [0.1, 0.15) is 5.82 Å². The van der Waals surface area contributed by atoms with Crippen LogP contribution in [0.5, 0.6) is 0 Å². The van der Waals surface area contributed by atoms with Gasteiger partial charge in [0.05, 0.1) is 6.54 Å². The van der Waals surface area contributed by atoms with Crippen molar-refractivity contribution >= 4 is 11.8 Å². The van der Waals surface area contributed by atoms with Crippen molar-refractivity contribution in [3.63, 3.8) is 0 Å². The topological polar surface area (TPSA) is 49.4 Å². The van der Waals surface area contributed by atoms with Crippen LogP contribution < -0.4 is 5.32 Å². The van der Waals surface area contributed by atoms with Crippen LogP contribution in [0.15, 0.2) is 24.3 Å². The molecule has 1 N–H and O–H groups in total. The summed E-state index contributed by atoms with van der Waals surface area (Å²) < 4.78 is 12.8. The van der Waals surface area contributed by atoms with E-state index in [0.29, 0.717) is 6.54 Å². The number of rotatable bonds is 5. The summed E-state index contributed by atoms with van der Waals surface area (Å²) in [6, 6.07) is 5.91. The zero-order valence-electron chi connectivity index (χ0n) is 11.4. The SMILES string of the molecule is CC(=O)N(CC(=O)NC(C)C)Cc1ccc(F)cc1. The minimum absolute atomic E-state index is 0.00485. The number of hydrogen-bond donors (Lipinski definition) is 1. The lowest BCUT2D eigenvalue weighted by molar-refractivity contribution is -0.135. The van der Waals surface area contributed by atoms with E-state index in [1.165, 1.54) is 24.0 Å². The second kappa shape index (κ2) is 6.87. The maximum Gasteiger partial charge on any atom is 0.239 e. The van der Waals surface area contributed by atoms with Crippen molar-refractivity contribution in [3.05, 3.63) is 35.6 Å². The fourth-order valence-corrected chi connectivity index (χ4v) is 1.63. The number of carbonyl (C=O) groups is 2. The summed E-state index contributed by atoms with van der Waals surface area (Å²) in [7, 11) is 0. The largest absolute Gasteiger partial charge is 0.352 e. The fourth-order valence-electron chi connectivity index (χ4n) is 1.63. The molecule has 0 spiro atoms. The molecule has 0 fully saturated rings. The monoisotopic (exact) mass is 266 g/mol. The van der Waals surface area contributed by atoms with E-state index >= 15 is 0 Å². The molecule has 1 rings (SSSR count). The number of carbonyl (C=O) groups excluding carboxylic acids is 2. The first-order chi connectivity index (χ1) is 8.88. The van der Waals surface area contributed by atoms with Crippen LogP contribution in [0.4, 0.5) is 4.39 Å². The van der Waals surface area contributed by atoms with Gasteiger partial charge in [0.2, 0.25) is 11.8 Å². The van der Waals surface area contributed by atoms with Gasteiger partial charge in [-0.3, -0.25) is 9.59 Å². The fraction of sp³-hybridized carbons (Fsp3) is 0.429. The lowest BCUT2D eigenvalue weighted by Gasteiger charge is -2.21. The summed E-state index contributed by atoms with van der Waals surface area (Å²) in [4.78, 5) is 24.6. The summed E-state index contributed by atoms with van der Waals surface area (Å²) in [6.45, 7) is 5.42. The molecule has 104 valence electrons. The first-order valence-corrected chi connectivity index (χ1v) is 6.18. The molecule has 0 unspecified atom stereocenters. The van der Waals surface area contributed by atoms with Crippen molar-refractivity contribution in [2.24, 2.45) is 0 Å². The van der Waals surface area contributed by atoms with E-state index in [9.17, 15) is 14.0 Å². The molecule has 5 heteroatoms. The molecule has 0 radical (unpaired) electrons. The van der Waals surface area contributed by atoms with E-state index < -0.39 is 0 Å². The van der Waals surface area contributed by atoms with Crippen LogP contribution in [-0.4, -0.2) is 29.3 Å². The molecule has 0 bridgehead atoms. The highest BCUT2D eigenvalue weighted by Gasteiger charge is 2.14. The third kappa shape index (κ3) is 5.50. The summed E-state index contributed by atoms with van der Waals surface area (Å²) >= 11 is 0. The number of halogens is 1. The van der Waals surface area contributed by atoms with Crippen molar-refractivity contribution in [1.82, 2.24) is 10.2 Å². The van der Waals surface area contributed by atoms with E-state index in [2.05, 4.69) is 5.32 Å². The summed E-state index contributed by atoms with van der Waals surface area (Å²) in [5, 5.41) is 2.73. The van der Waals surface area contributed by atoms with Crippen LogP contribution in [0.3, 0.4) is 0 Å². The van der Waals surface area contributed by atoms with Crippen LogP contribution in [0.2, 0.25) is 0 Å². The second-order valence-corrected chi connectivity index (χ2v) is 4.72. The third-order valence-electron chi connectivity index (χ3n) is 2.52. The van der Waals surface area contributed by atoms with E-state index in [4.69, 9.17) is 0 Å². The van der Waals surface area contributed by atoms with Crippen LogP contribution >= 0.6 is 0 Å². The Kier molecular flexibility index (Phi) is 5.48. The van der Waals surface area contributed by atoms with Crippen molar-refractivity contribution in [1.29, 1.82) is 0 Å². The molecule has 0 atom stereocenters. The molecule has 19 heavy (non-hydrogen) atoms. The standard InChI is InChI=1S/C14H19FN2O2/c1-10(2)16-14(19)9-17(11(3)18)8-12-4-6-13(15)7-5-12/h4-7,10H,8-9H2,1-3H3,(H,16,19). The molecular weight excluding hydrogens is 247 g/mol. The maximum atomic E-state index is 12.8. The average Bonchev–Trinajstić information content (AvgIpc) is 2.29. The molecule has 0 aliphatic carbocycles. The molecule has 4 nitrogen and oxygen atoms in total. The predicted octanol–water partition coefficient (Wildman–Crippen LogP) is 1.70. The smallest absolute Gasteiger partial charge is 0.239 e. The Morgan fingerprint density at radius 3 is 2.32 bits per heavy atom. The number of nitrogens with zero attached hydrogens (tertiary/aromatic N) is 1. The molecule has 1 aromatic rings. The van der Waals surface area contributed by atoms with Gasteiger partial charge in [0, 0.05) is 19.5 Å². The Bertz CT molecular complexity index is 443. The van der Waals surface area contributed by atoms with E-state index in [1.807, 2.05) is 13.8 Å². The lowest BCUT2D eigenvalue weighted by Crippen LogP contribution is -2.41. The van der Waals surface area contributed by atoms with E-state index in [0.717, 1.165) is 5.56 Å².